The highest BCUT2D eigenvalue weighted by molar-refractivity contribution is 14.0. The van der Waals surface area contributed by atoms with Crippen molar-refractivity contribution in [1.82, 2.24) is 10.6 Å². The third-order valence-corrected chi connectivity index (χ3v) is 4.96. The maximum absolute atomic E-state index is 13.5. The van der Waals surface area contributed by atoms with E-state index in [0.29, 0.717) is 6.04 Å². The van der Waals surface area contributed by atoms with Crippen LogP contribution in [0.1, 0.15) is 25.7 Å². The van der Waals surface area contributed by atoms with Crippen LogP contribution in [-0.2, 0) is 4.74 Å². The van der Waals surface area contributed by atoms with Crippen molar-refractivity contribution in [2.75, 3.05) is 44.8 Å². The van der Waals surface area contributed by atoms with Gasteiger partial charge in [-0.15, -0.1) is 24.0 Å². The molecule has 2 N–H and O–H groups in total. The van der Waals surface area contributed by atoms with Crippen molar-refractivity contribution in [2.45, 2.75) is 31.7 Å². The van der Waals surface area contributed by atoms with Crippen LogP contribution in [0.15, 0.2) is 40.9 Å². The zero-order valence-corrected chi connectivity index (χ0v) is 18.2. The summed E-state index contributed by atoms with van der Waals surface area (Å²) < 4.78 is 18.8. The van der Waals surface area contributed by atoms with Crippen LogP contribution in [0.3, 0.4) is 0 Å². The van der Waals surface area contributed by atoms with E-state index in [4.69, 9.17) is 4.74 Å². The summed E-state index contributed by atoms with van der Waals surface area (Å²) in [5, 5.41) is 6.92. The van der Waals surface area contributed by atoms with Gasteiger partial charge >= 0.3 is 0 Å². The van der Waals surface area contributed by atoms with E-state index in [1.54, 1.807) is 19.2 Å². The van der Waals surface area contributed by atoms with Crippen molar-refractivity contribution < 1.29 is 9.13 Å². The van der Waals surface area contributed by atoms with E-state index in [1.807, 2.05) is 6.07 Å². The van der Waals surface area contributed by atoms with Gasteiger partial charge in [0.1, 0.15) is 5.82 Å². The van der Waals surface area contributed by atoms with Crippen molar-refractivity contribution in [1.29, 1.82) is 0 Å². The Bertz CT molecular complexity index is 653. The average molecular weight is 488 g/mol. The fourth-order valence-electron chi connectivity index (χ4n) is 3.52. The van der Waals surface area contributed by atoms with Gasteiger partial charge < -0.3 is 20.3 Å². The van der Waals surface area contributed by atoms with Crippen LogP contribution in [0, 0.1) is 5.82 Å². The molecule has 0 spiro atoms. The third-order valence-electron chi connectivity index (χ3n) is 4.96. The maximum Gasteiger partial charge on any atom is 0.191 e. The van der Waals surface area contributed by atoms with Crippen molar-refractivity contribution in [3.63, 3.8) is 0 Å². The number of nitrogens with one attached hydrogen (secondary N) is 2. The van der Waals surface area contributed by atoms with Crippen LogP contribution in [0.2, 0.25) is 0 Å². The number of benzene rings is 1. The summed E-state index contributed by atoms with van der Waals surface area (Å²) in [5.74, 6) is 0.654. The zero-order chi connectivity index (χ0) is 18.2. The Morgan fingerprint density at radius 3 is 3.04 bits per heavy atom. The SMILES string of the molecule is CN=C(NCCC1=CCOCC1)NC1CCCN(c2cccc(F)c2)C1.I. The Morgan fingerprint density at radius 2 is 2.30 bits per heavy atom. The highest BCUT2D eigenvalue weighted by Crippen LogP contribution is 2.20. The number of aliphatic imine (C=N–C) groups is 1. The molecule has 5 nitrogen and oxygen atoms in total. The second-order valence-corrected chi connectivity index (χ2v) is 6.85. The Labute approximate surface area is 178 Å². The summed E-state index contributed by atoms with van der Waals surface area (Å²) in [5.41, 5.74) is 2.40. The summed E-state index contributed by atoms with van der Waals surface area (Å²) in [6, 6.07) is 7.15. The summed E-state index contributed by atoms with van der Waals surface area (Å²) in [4.78, 5) is 6.59. The molecule has 2 heterocycles. The molecule has 0 radical (unpaired) electrons. The predicted molar refractivity (Wildman–Crippen MR) is 120 cm³/mol. The van der Waals surface area contributed by atoms with Gasteiger partial charge in [-0.1, -0.05) is 17.7 Å². The Morgan fingerprint density at radius 1 is 1.41 bits per heavy atom. The molecule has 150 valence electrons. The van der Waals surface area contributed by atoms with Gasteiger partial charge in [0.25, 0.3) is 0 Å². The van der Waals surface area contributed by atoms with E-state index < -0.39 is 0 Å². The molecular formula is C20H30FIN4O. The average Bonchev–Trinajstić information content (AvgIpc) is 2.68. The van der Waals surface area contributed by atoms with Crippen LogP contribution in [0.4, 0.5) is 10.1 Å². The number of ether oxygens (including phenoxy) is 1. The molecule has 1 aromatic carbocycles. The number of halogens is 2. The minimum Gasteiger partial charge on any atom is -0.377 e. The third kappa shape index (κ3) is 6.95. The van der Waals surface area contributed by atoms with Gasteiger partial charge in [-0.25, -0.2) is 4.39 Å². The molecule has 0 bridgehead atoms. The summed E-state index contributed by atoms with van der Waals surface area (Å²) in [6.45, 7) is 4.25. The van der Waals surface area contributed by atoms with Gasteiger partial charge in [0.05, 0.1) is 13.2 Å². The Balaban J connectivity index is 0.00000261. The molecule has 1 aromatic rings. The fourth-order valence-corrected chi connectivity index (χ4v) is 3.52. The Hall–Kier alpha value is -1.35. The molecule has 2 aliphatic heterocycles. The van der Waals surface area contributed by atoms with Gasteiger partial charge in [0, 0.05) is 38.4 Å². The van der Waals surface area contributed by atoms with Gasteiger partial charge in [0.2, 0.25) is 0 Å². The number of guanidine groups is 1. The number of rotatable bonds is 5. The van der Waals surface area contributed by atoms with E-state index in [1.165, 1.54) is 11.6 Å². The van der Waals surface area contributed by atoms with Crippen molar-refractivity contribution >= 4 is 35.6 Å². The minimum atomic E-state index is -0.183. The molecule has 1 atom stereocenters. The molecule has 0 amide bonds. The smallest absolute Gasteiger partial charge is 0.191 e. The van der Waals surface area contributed by atoms with Crippen molar-refractivity contribution in [3.8, 4) is 0 Å². The lowest BCUT2D eigenvalue weighted by molar-refractivity contribution is 0.153. The van der Waals surface area contributed by atoms with Gasteiger partial charge in [0.15, 0.2) is 5.96 Å². The molecule has 1 unspecified atom stereocenters. The summed E-state index contributed by atoms with van der Waals surface area (Å²) in [7, 11) is 1.80. The first kappa shape index (κ1) is 21.9. The molecule has 27 heavy (non-hydrogen) atoms. The molecule has 1 saturated heterocycles. The molecule has 0 saturated carbocycles. The zero-order valence-electron chi connectivity index (χ0n) is 15.9. The quantitative estimate of drug-likeness (QED) is 0.289. The number of hydrogen-bond acceptors (Lipinski definition) is 3. The molecule has 3 rings (SSSR count). The summed E-state index contributed by atoms with van der Waals surface area (Å²) >= 11 is 0. The highest BCUT2D eigenvalue weighted by Gasteiger charge is 2.21. The molecule has 2 aliphatic rings. The van der Waals surface area contributed by atoms with E-state index >= 15 is 0 Å². The van der Waals surface area contributed by atoms with E-state index in [9.17, 15) is 4.39 Å². The number of nitrogens with zero attached hydrogens (tertiary/aromatic N) is 2. The van der Waals surface area contributed by atoms with Crippen molar-refractivity contribution in [2.24, 2.45) is 4.99 Å². The van der Waals surface area contributed by atoms with Gasteiger partial charge in [-0.05, 0) is 43.9 Å². The lowest BCUT2D eigenvalue weighted by atomic mass is 10.0. The first-order chi connectivity index (χ1) is 12.7. The molecule has 0 aromatic heterocycles. The topological polar surface area (TPSA) is 48.9 Å². The maximum atomic E-state index is 13.5. The lowest BCUT2D eigenvalue weighted by Crippen LogP contribution is -2.51. The van der Waals surface area contributed by atoms with Crippen molar-refractivity contribution in [3.05, 3.63) is 41.7 Å². The van der Waals surface area contributed by atoms with Crippen LogP contribution in [-0.4, -0.2) is 51.9 Å². The largest absolute Gasteiger partial charge is 0.377 e. The van der Waals surface area contributed by atoms with Crippen LogP contribution in [0.25, 0.3) is 0 Å². The van der Waals surface area contributed by atoms with Crippen LogP contribution in [0.5, 0.6) is 0 Å². The van der Waals surface area contributed by atoms with Gasteiger partial charge in [-0.3, -0.25) is 4.99 Å². The standard InChI is InChI=1S/C20H29FN4O.HI/c1-22-20(23-10-7-16-8-12-26-13-9-16)24-18-5-3-11-25(15-18)19-6-2-4-17(21)14-19;/h2,4,6,8,14,18H,3,5,7,9-13,15H2,1H3,(H2,22,23,24);1H. The predicted octanol–water partition coefficient (Wildman–Crippen LogP) is 3.31. The highest BCUT2D eigenvalue weighted by atomic mass is 127. The number of piperidine rings is 1. The van der Waals surface area contributed by atoms with E-state index in [2.05, 4.69) is 26.6 Å². The van der Waals surface area contributed by atoms with Gasteiger partial charge in [-0.2, -0.15) is 0 Å². The van der Waals surface area contributed by atoms with E-state index in [0.717, 1.165) is 70.2 Å². The second kappa shape index (κ2) is 11.5. The van der Waals surface area contributed by atoms with Crippen LogP contribution < -0.4 is 15.5 Å². The van der Waals surface area contributed by atoms with Crippen LogP contribution >= 0.6 is 24.0 Å². The number of hydrogen-bond donors (Lipinski definition) is 2. The monoisotopic (exact) mass is 488 g/mol. The first-order valence-electron chi connectivity index (χ1n) is 9.48. The second-order valence-electron chi connectivity index (χ2n) is 6.85. The normalized spacial score (nSPS) is 20.5. The minimum absolute atomic E-state index is 0. The molecule has 7 heteroatoms. The number of anilines is 1. The first-order valence-corrected chi connectivity index (χ1v) is 9.48. The fraction of sp³-hybridized carbons (Fsp3) is 0.550. The Kier molecular flexibility index (Phi) is 9.33. The molecular weight excluding hydrogens is 458 g/mol. The lowest BCUT2D eigenvalue weighted by Gasteiger charge is -2.35. The molecule has 1 fully saturated rings. The summed E-state index contributed by atoms with van der Waals surface area (Å²) in [6.07, 6.45) is 6.40. The molecule has 0 aliphatic carbocycles. The van der Waals surface area contributed by atoms with E-state index in [-0.39, 0.29) is 29.8 Å².